The summed E-state index contributed by atoms with van der Waals surface area (Å²) in [4.78, 5) is 15.9. The Hall–Kier alpha value is -4.97. The molecule has 2 aromatic heterocycles. The van der Waals surface area contributed by atoms with Gasteiger partial charge < -0.3 is 8.60 Å². The molecule has 0 fully saturated rings. The van der Waals surface area contributed by atoms with E-state index in [-0.39, 0.29) is 23.3 Å². The Kier molecular flexibility index (Phi) is 5.88. The van der Waals surface area contributed by atoms with Gasteiger partial charge in [-0.2, -0.15) is 18.3 Å². The lowest BCUT2D eigenvalue weighted by Gasteiger charge is -2.18. The van der Waals surface area contributed by atoms with Crippen LogP contribution in [0.25, 0.3) is 27.9 Å². The molecule has 11 nitrogen and oxygen atoms in total. The summed E-state index contributed by atoms with van der Waals surface area (Å²) in [6, 6.07) is 24.1. The molecule has 1 aliphatic heterocycles. The van der Waals surface area contributed by atoms with Crippen molar-refractivity contribution >= 4 is 32.8 Å². The number of amidine groups is 1. The molecule has 3 heterocycles. The highest BCUT2D eigenvalue weighted by Crippen LogP contribution is 2.26. The molecule has 0 atom stereocenters. The number of anilines is 1. The van der Waals surface area contributed by atoms with Gasteiger partial charge in [0.1, 0.15) is 28.5 Å². The molecule has 6 rings (SSSR count). The summed E-state index contributed by atoms with van der Waals surface area (Å²) in [5, 5.41) is 15.4. The van der Waals surface area contributed by atoms with Crippen LogP contribution in [0.15, 0.2) is 104 Å². The topological polar surface area (TPSA) is 123 Å². The number of rotatable bonds is 5. The number of hydrogen-bond acceptors (Lipinski definition) is 10. The van der Waals surface area contributed by atoms with Crippen LogP contribution in [0.4, 0.5) is 5.69 Å². The highest BCUT2D eigenvalue weighted by atomic mass is 32.2. The maximum Gasteiger partial charge on any atom is 0.360 e. The predicted molar refractivity (Wildman–Crippen MR) is 145 cm³/mol. The molecule has 0 N–H and O–H groups in total. The number of aromatic nitrogens is 3. The van der Waals surface area contributed by atoms with E-state index >= 15 is 0 Å². The van der Waals surface area contributed by atoms with Crippen molar-refractivity contribution in [2.75, 3.05) is 18.6 Å². The second kappa shape index (κ2) is 9.40. The maximum absolute atomic E-state index is 13.1. The van der Waals surface area contributed by atoms with Crippen LogP contribution in [-0.2, 0) is 14.3 Å². The van der Waals surface area contributed by atoms with E-state index in [0.29, 0.717) is 16.7 Å². The third kappa shape index (κ3) is 4.61. The fourth-order valence-corrected chi connectivity index (χ4v) is 5.14. The zero-order valence-corrected chi connectivity index (χ0v) is 21.7. The van der Waals surface area contributed by atoms with Crippen LogP contribution in [0.1, 0.15) is 5.69 Å². The van der Waals surface area contributed by atoms with E-state index < -0.39 is 15.7 Å². The van der Waals surface area contributed by atoms with Gasteiger partial charge in [0.05, 0.1) is 11.4 Å². The molecule has 0 amide bonds. The van der Waals surface area contributed by atoms with Gasteiger partial charge in [-0.15, -0.1) is 10.2 Å². The minimum Gasteiger partial charge on any atom is -0.421 e. The fraction of sp³-hybridized carbons (Fsp3) is 0.111. The van der Waals surface area contributed by atoms with E-state index in [4.69, 9.17) is 8.60 Å². The average molecular weight is 543 g/mol. The minimum absolute atomic E-state index is 0.0295. The monoisotopic (exact) mass is 542 g/mol. The zero-order chi connectivity index (χ0) is 27.1. The van der Waals surface area contributed by atoms with Gasteiger partial charge in [0.15, 0.2) is 0 Å². The number of aryl methyl sites for hydroxylation is 1. The first-order valence-electron chi connectivity index (χ1n) is 11.9. The molecule has 1 aliphatic rings. The van der Waals surface area contributed by atoms with Crippen LogP contribution < -0.4 is 10.5 Å². The molecule has 0 saturated carbocycles. The van der Waals surface area contributed by atoms with Gasteiger partial charge in [-0.05, 0) is 37.3 Å². The van der Waals surface area contributed by atoms with E-state index in [2.05, 4.69) is 15.3 Å². The molecular formula is C27H22N6O5S. The van der Waals surface area contributed by atoms with Crippen LogP contribution in [0.5, 0.6) is 0 Å². The molecule has 0 unspecified atom stereocenters. The fourth-order valence-electron chi connectivity index (χ4n) is 4.23. The minimum atomic E-state index is -4.17. The van der Waals surface area contributed by atoms with Crippen molar-refractivity contribution in [2.45, 2.75) is 11.8 Å². The first-order valence-corrected chi connectivity index (χ1v) is 13.3. The Morgan fingerprint density at radius 2 is 1.64 bits per heavy atom. The van der Waals surface area contributed by atoms with Crippen LogP contribution in [0.3, 0.4) is 0 Å². The summed E-state index contributed by atoms with van der Waals surface area (Å²) in [6.07, 6.45) is 0. The molecule has 12 heteroatoms. The van der Waals surface area contributed by atoms with Gasteiger partial charge in [-0.1, -0.05) is 48.5 Å². The summed E-state index contributed by atoms with van der Waals surface area (Å²) < 4.78 is 36.6. The first kappa shape index (κ1) is 24.4. The van der Waals surface area contributed by atoms with Gasteiger partial charge in [-0.25, -0.2) is 4.79 Å². The molecular weight excluding hydrogens is 520 g/mol. The second-order valence-corrected chi connectivity index (χ2v) is 10.4. The largest absolute Gasteiger partial charge is 0.421 e. The Bertz CT molecular complexity index is 1880. The summed E-state index contributed by atoms with van der Waals surface area (Å²) in [7, 11) is -2.53. The highest BCUT2D eigenvalue weighted by Gasteiger charge is 2.31. The summed E-state index contributed by atoms with van der Waals surface area (Å²) in [5.41, 5.74) is 2.80. The summed E-state index contributed by atoms with van der Waals surface area (Å²) >= 11 is 0. The second-order valence-electron chi connectivity index (χ2n) is 8.89. The number of benzene rings is 3. The third-order valence-electron chi connectivity index (χ3n) is 6.10. The smallest absolute Gasteiger partial charge is 0.360 e. The summed E-state index contributed by atoms with van der Waals surface area (Å²) in [5.74, 6) is 0. The molecule has 5 aromatic rings. The SMILES string of the molecule is Cc1nn(-c2ccc3cc(N4CN(C)N=C4OS(=O)(=O)c4ccccc4)c(=O)oc3c2)nc1-c1ccccc1. The number of fused-ring (bicyclic) bond motifs is 1. The Morgan fingerprint density at radius 3 is 2.38 bits per heavy atom. The van der Waals surface area contributed by atoms with E-state index in [9.17, 15) is 13.2 Å². The van der Waals surface area contributed by atoms with Crippen molar-refractivity contribution in [2.24, 2.45) is 5.10 Å². The molecule has 3 aromatic carbocycles. The molecule has 0 aliphatic carbocycles. The molecule has 196 valence electrons. The normalized spacial score (nSPS) is 13.6. The van der Waals surface area contributed by atoms with Crippen molar-refractivity contribution < 1.29 is 17.0 Å². The van der Waals surface area contributed by atoms with Crippen molar-refractivity contribution in [1.29, 1.82) is 0 Å². The zero-order valence-electron chi connectivity index (χ0n) is 20.9. The van der Waals surface area contributed by atoms with Crippen LogP contribution in [0.2, 0.25) is 0 Å². The van der Waals surface area contributed by atoms with Gasteiger partial charge in [-0.3, -0.25) is 9.91 Å². The van der Waals surface area contributed by atoms with Crippen molar-refractivity contribution in [3.63, 3.8) is 0 Å². The quantitative estimate of drug-likeness (QED) is 0.241. The highest BCUT2D eigenvalue weighted by molar-refractivity contribution is 7.87. The third-order valence-corrected chi connectivity index (χ3v) is 7.32. The van der Waals surface area contributed by atoms with E-state index in [0.717, 1.165) is 17.0 Å². The molecule has 0 saturated heterocycles. The average Bonchev–Trinajstić information content (AvgIpc) is 3.50. The number of hydrogen-bond donors (Lipinski definition) is 0. The van der Waals surface area contributed by atoms with E-state index in [1.807, 2.05) is 43.3 Å². The van der Waals surface area contributed by atoms with Crippen LogP contribution in [-0.4, -0.2) is 48.2 Å². The van der Waals surface area contributed by atoms with Crippen molar-refractivity contribution in [3.05, 3.63) is 101 Å². The number of nitrogens with zero attached hydrogens (tertiary/aromatic N) is 6. The molecule has 0 spiro atoms. The molecule has 0 radical (unpaired) electrons. The Labute approximate surface area is 223 Å². The maximum atomic E-state index is 13.1. The molecule has 0 bridgehead atoms. The number of hydrazone groups is 1. The lowest BCUT2D eigenvalue weighted by molar-refractivity contribution is 0.390. The Balaban J connectivity index is 1.33. The predicted octanol–water partition coefficient (Wildman–Crippen LogP) is 3.73. The van der Waals surface area contributed by atoms with Gasteiger partial charge in [0.25, 0.3) is 0 Å². The summed E-state index contributed by atoms with van der Waals surface area (Å²) in [6.45, 7) is 1.97. The van der Waals surface area contributed by atoms with E-state index in [1.54, 1.807) is 43.4 Å². The lowest BCUT2D eigenvalue weighted by Crippen LogP contribution is -2.35. The Morgan fingerprint density at radius 1 is 0.923 bits per heavy atom. The first-order chi connectivity index (χ1) is 18.8. The van der Waals surface area contributed by atoms with Crippen LogP contribution >= 0.6 is 0 Å². The van der Waals surface area contributed by atoms with Crippen molar-refractivity contribution in [1.82, 2.24) is 20.0 Å². The van der Waals surface area contributed by atoms with Crippen LogP contribution in [0, 0.1) is 6.92 Å². The molecule has 39 heavy (non-hydrogen) atoms. The van der Waals surface area contributed by atoms with E-state index in [1.165, 1.54) is 26.8 Å². The van der Waals surface area contributed by atoms with Gasteiger partial charge in [0, 0.05) is 24.1 Å². The van der Waals surface area contributed by atoms with Gasteiger partial charge in [0.2, 0.25) is 0 Å². The van der Waals surface area contributed by atoms with Crippen molar-refractivity contribution in [3.8, 4) is 16.9 Å². The van der Waals surface area contributed by atoms with Gasteiger partial charge >= 0.3 is 21.8 Å². The standard InChI is InChI=1S/C27H22N6O5S/c1-18-25(19-9-5-3-6-10-19)29-33(28-18)21-14-13-20-15-23(26(34)37-24(20)16-21)32-17-31(2)30-27(32)38-39(35,36)22-11-7-4-8-12-22/h3-16H,17H2,1-2H3. The lowest BCUT2D eigenvalue weighted by atomic mass is 10.1.